The molecule has 2 heterocycles. The molecule has 1 spiro atoms. The van der Waals surface area contributed by atoms with Crippen LogP contribution in [0.25, 0.3) is 0 Å². The molecule has 2 atom stereocenters. The highest BCUT2D eigenvalue weighted by Crippen LogP contribution is 2.44. The number of nitrogens with zero attached hydrogens (tertiary/aromatic N) is 1. The van der Waals surface area contributed by atoms with Crippen LogP contribution in [0.5, 0.6) is 0 Å². The molecular weight excluding hydrogens is 218 g/mol. The monoisotopic (exact) mass is 239 g/mol. The molecule has 3 aliphatic rings. The van der Waals surface area contributed by atoms with Crippen LogP contribution in [0, 0.1) is 5.92 Å². The van der Waals surface area contributed by atoms with Gasteiger partial charge in [0.05, 0.1) is 11.5 Å². The fourth-order valence-corrected chi connectivity index (χ4v) is 3.55. The summed E-state index contributed by atoms with van der Waals surface area (Å²) in [6, 6.07) is 0.563. The number of aliphatic carboxylic acids is 1. The summed E-state index contributed by atoms with van der Waals surface area (Å²) in [5, 5.41) is 9.04. The predicted octanol–water partition coefficient (Wildman–Crippen LogP) is 1.49. The average molecular weight is 239 g/mol. The second-order valence-corrected chi connectivity index (χ2v) is 5.85. The molecule has 0 radical (unpaired) electrons. The molecular formula is C13H21NO3. The maximum atomic E-state index is 11.0. The van der Waals surface area contributed by atoms with Crippen molar-refractivity contribution in [1.29, 1.82) is 0 Å². The van der Waals surface area contributed by atoms with Gasteiger partial charge in [0, 0.05) is 19.2 Å². The molecule has 4 nitrogen and oxygen atoms in total. The van der Waals surface area contributed by atoms with Crippen LogP contribution in [0.2, 0.25) is 0 Å². The Morgan fingerprint density at radius 1 is 1.35 bits per heavy atom. The molecule has 0 aromatic rings. The molecule has 3 rings (SSSR count). The molecule has 1 saturated carbocycles. The van der Waals surface area contributed by atoms with Crippen molar-refractivity contribution in [3.8, 4) is 0 Å². The molecule has 2 unspecified atom stereocenters. The standard InChI is InChI=1S/C13H21NO3/c15-12(16)10-2-6-14(9-10)11-3-7-17-13(8-11)4-1-5-13/h10-11H,1-9H2,(H,15,16). The van der Waals surface area contributed by atoms with E-state index in [-0.39, 0.29) is 11.5 Å². The van der Waals surface area contributed by atoms with E-state index in [1.807, 2.05) is 0 Å². The Morgan fingerprint density at radius 2 is 2.18 bits per heavy atom. The van der Waals surface area contributed by atoms with E-state index in [1.165, 1.54) is 19.3 Å². The normalized spacial score (nSPS) is 36.9. The number of hydrogen-bond donors (Lipinski definition) is 1. The number of rotatable bonds is 2. The molecule has 17 heavy (non-hydrogen) atoms. The van der Waals surface area contributed by atoms with Gasteiger partial charge < -0.3 is 9.84 Å². The predicted molar refractivity (Wildman–Crippen MR) is 62.9 cm³/mol. The quantitative estimate of drug-likeness (QED) is 0.793. The van der Waals surface area contributed by atoms with Crippen molar-refractivity contribution in [3.63, 3.8) is 0 Å². The van der Waals surface area contributed by atoms with Crippen LogP contribution in [0.3, 0.4) is 0 Å². The first-order chi connectivity index (χ1) is 8.19. The van der Waals surface area contributed by atoms with Gasteiger partial charge in [-0.3, -0.25) is 9.69 Å². The lowest BCUT2D eigenvalue weighted by Gasteiger charge is -2.49. The van der Waals surface area contributed by atoms with E-state index in [4.69, 9.17) is 9.84 Å². The Kier molecular flexibility index (Phi) is 2.87. The topological polar surface area (TPSA) is 49.8 Å². The van der Waals surface area contributed by atoms with Gasteiger partial charge in [0.25, 0.3) is 0 Å². The maximum Gasteiger partial charge on any atom is 0.307 e. The van der Waals surface area contributed by atoms with Gasteiger partial charge in [-0.05, 0) is 45.1 Å². The van der Waals surface area contributed by atoms with Gasteiger partial charge in [-0.15, -0.1) is 0 Å². The lowest BCUT2D eigenvalue weighted by molar-refractivity contribution is -0.148. The Labute approximate surface area is 102 Å². The molecule has 96 valence electrons. The van der Waals surface area contributed by atoms with E-state index in [0.717, 1.165) is 39.0 Å². The third-order valence-electron chi connectivity index (χ3n) is 4.82. The minimum Gasteiger partial charge on any atom is -0.481 e. The number of carboxylic acids is 1. The van der Waals surface area contributed by atoms with Crippen LogP contribution in [0.4, 0.5) is 0 Å². The highest BCUT2D eigenvalue weighted by molar-refractivity contribution is 5.70. The number of carbonyl (C=O) groups is 1. The summed E-state index contributed by atoms with van der Waals surface area (Å²) in [5.74, 6) is -0.770. The highest BCUT2D eigenvalue weighted by Gasteiger charge is 2.45. The van der Waals surface area contributed by atoms with Crippen LogP contribution >= 0.6 is 0 Å². The Bertz CT molecular complexity index is 314. The highest BCUT2D eigenvalue weighted by atomic mass is 16.5. The summed E-state index contributed by atoms with van der Waals surface area (Å²) in [5.41, 5.74) is 0.171. The van der Waals surface area contributed by atoms with E-state index in [9.17, 15) is 4.79 Å². The Morgan fingerprint density at radius 3 is 2.76 bits per heavy atom. The molecule has 1 N–H and O–H groups in total. The van der Waals surface area contributed by atoms with Crippen molar-refractivity contribution >= 4 is 5.97 Å². The number of likely N-dealkylation sites (tertiary alicyclic amines) is 1. The SMILES string of the molecule is O=C(O)C1CCN(C2CCOC3(CCC3)C2)C1. The summed E-state index contributed by atoms with van der Waals surface area (Å²) >= 11 is 0. The van der Waals surface area contributed by atoms with Gasteiger partial charge in [0.1, 0.15) is 0 Å². The number of ether oxygens (including phenoxy) is 1. The largest absolute Gasteiger partial charge is 0.481 e. The molecule has 0 aromatic heterocycles. The summed E-state index contributed by atoms with van der Waals surface area (Å²) < 4.78 is 5.92. The van der Waals surface area contributed by atoms with Gasteiger partial charge in [0.2, 0.25) is 0 Å². The zero-order valence-corrected chi connectivity index (χ0v) is 10.2. The zero-order chi connectivity index (χ0) is 11.9. The molecule has 3 fully saturated rings. The second kappa shape index (κ2) is 4.25. The third-order valence-corrected chi connectivity index (χ3v) is 4.82. The van der Waals surface area contributed by atoms with Crippen molar-refractivity contribution in [3.05, 3.63) is 0 Å². The van der Waals surface area contributed by atoms with Gasteiger partial charge >= 0.3 is 5.97 Å². The van der Waals surface area contributed by atoms with Crippen LogP contribution in [-0.4, -0.2) is 47.3 Å². The van der Waals surface area contributed by atoms with Crippen LogP contribution in [0.1, 0.15) is 38.5 Å². The van der Waals surface area contributed by atoms with E-state index in [0.29, 0.717) is 6.04 Å². The Balaban J connectivity index is 1.59. The zero-order valence-electron chi connectivity index (χ0n) is 10.2. The first-order valence-electron chi connectivity index (χ1n) is 6.79. The molecule has 4 heteroatoms. The van der Waals surface area contributed by atoms with Crippen LogP contribution in [0.15, 0.2) is 0 Å². The second-order valence-electron chi connectivity index (χ2n) is 5.85. The van der Waals surface area contributed by atoms with E-state index in [2.05, 4.69) is 4.90 Å². The van der Waals surface area contributed by atoms with Crippen molar-refractivity contribution in [2.75, 3.05) is 19.7 Å². The number of hydrogen-bond acceptors (Lipinski definition) is 3. The van der Waals surface area contributed by atoms with Crippen molar-refractivity contribution in [2.45, 2.75) is 50.2 Å². The average Bonchev–Trinajstić information content (AvgIpc) is 2.76. The summed E-state index contributed by atoms with van der Waals surface area (Å²) in [4.78, 5) is 13.4. The van der Waals surface area contributed by atoms with Crippen molar-refractivity contribution < 1.29 is 14.6 Å². The van der Waals surface area contributed by atoms with Gasteiger partial charge in [-0.25, -0.2) is 0 Å². The molecule has 0 aromatic carbocycles. The first kappa shape index (κ1) is 11.5. The van der Waals surface area contributed by atoms with E-state index in [1.54, 1.807) is 0 Å². The molecule has 1 aliphatic carbocycles. The van der Waals surface area contributed by atoms with Gasteiger partial charge in [0.15, 0.2) is 0 Å². The van der Waals surface area contributed by atoms with Crippen molar-refractivity contribution in [1.82, 2.24) is 4.90 Å². The van der Waals surface area contributed by atoms with Crippen LogP contribution in [-0.2, 0) is 9.53 Å². The maximum absolute atomic E-state index is 11.0. The molecule has 0 bridgehead atoms. The lowest BCUT2D eigenvalue weighted by atomic mass is 9.73. The Hall–Kier alpha value is -0.610. The minimum atomic E-state index is -0.627. The smallest absolute Gasteiger partial charge is 0.307 e. The molecule has 2 aliphatic heterocycles. The molecule has 0 amide bonds. The first-order valence-corrected chi connectivity index (χ1v) is 6.79. The van der Waals surface area contributed by atoms with Gasteiger partial charge in [-0.1, -0.05) is 0 Å². The summed E-state index contributed by atoms with van der Waals surface area (Å²) in [6.45, 7) is 2.56. The summed E-state index contributed by atoms with van der Waals surface area (Å²) in [7, 11) is 0. The van der Waals surface area contributed by atoms with Gasteiger partial charge in [-0.2, -0.15) is 0 Å². The minimum absolute atomic E-state index is 0.143. The molecule has 2 saturated heterocycles. The van der Waals surface area contributed by atoms with E-state index >= 15 is 0 Å². The lowest BCUT2D eigenvalue weighted by Crippen LogP contribution is -2.51. The fourth-order valence-electron chi connectivity index (χ4n) is 3.55. The number of carboxylic acid groups (broad SMARTS) is 1. The van der Waals surface area contributed by atoms with Crippen LogP contribution < -0.4 is 0 Å². The fraction of sp³-hybridized carbons (Fsp3) is 0.923. The van der Waals surface area contributed by atoms with Crippen molar-refractivity contribution in [2.24, 2.45) is 5.92 Å². The third kappa shape index (κ3) is 2.08. The summed E-state index contributed by atoms with van der Waals surface area (Å²) in [6.07, 6.45) is 6.73. The van der Waals surface area contributed by atoms with E-state index < -0.39 is 5.97 Å².